The van der Waals surface area contributed by atoms with Gasteiger partial charge >= 0.3 is 10.2 Å². The predicted molar refractivity (Wildman–Crippen MR) is 127 cm³/mol. The number of carbonyl (C=O) groups excluding carboxylic acids is 2. The van der Waals surface area contributed by atoms with Crippen molar-refractivity contribution >= 4 is 39.3 Å². The van der Waals surface area contributed by atoms with Gasteiger partial charge in [0.15, 0.2) is 0 Å². The number of benzene rings is 2. The van der Waals surface area contributed by atoms with E-state index in [2.05, 4.69) is 5.32 Å². The molecule has 0 saturated carbocycles. The number of nitrogens with zero attached hydrogens (tertiary/aromatic N) is 3. The van der Waals surface area contributed by atoms with Gasteiger partial charge in [-0.1, -0.05) is 36.7 Å². The summed E-state index contributed by atoms with van der Waals surface area (Å²) in [5.41, 5.74) is 0.725. The maximum absolute atomic E-state index is 13.5. The summed E-state index contributed by atoms with van der Waals surface area (Å²) in [6, 6.07) is 10.8. The second-order valence-electron chi connectivity index (χ2n) is 7.42. The molecule has 180 valence electrons. The van der Waals surface area contributed by atoms with E-state index in [0.29, 0.717) is 17.0 Å². The molecule has 0 spiro atoms. The Hall–Kier alpha value is -2.69. The van der Waals surface area contributed by atoms with E-state index in [-0.39, 0.29) is 18.1 Å². The first-order valence-electron chi connectivity index (χ1n) is 10.2. The van der Waals surface area contributed by atoms with Crippen LogP contribution >= 0.6 is 11.6 Å². The Labute approximate surface area is 199 Å². The first-order valence-corrected chi connectivity index (χ1v) is 12.0. The number of anilines is 1. The minimum atomic E-state index is -4.10. The lowest BCUT2D eigenvalue weighted by Crippen LogP contribution is -2.53. The number of carbonyl (C=O) groups is 2. The van der Waals surface area contributed by atoms with Crippen molar-refractivity contribution in [2.45, 2.75) is 25.9 Å². The van der Waals surface area contributed by atoms with Crippen molar-refractivity contribution in [2.75, 3.05) is 32.0 Å². The van der Waals surface area contributed by atoms with E-state index < -0.39 is 34.5 Å². The highest BCUT2D eigenvalue weighted by Crippen LogP contribution is 2.23. The molecule has 0 aliphatic heterocycles. The lowest BCUT2D eigenvalue weighted by Gasteiger charge is -2.33. The maximum Gasteiger partial charge on any atom is 0.304 e. The van der Waals surface area contributed by atoms with Crippen molar-refractivity contribution in [3.63, 3.8) is 0 Å². The zero-order valence-corrected chi connectivity index (χ0v) is 20.5. The Bertz CT molecular complexity index is 1080. The summed E-state index contributed by atoms with van der Waals surface area (Å²) in [6.07, 6.45) is 0.298. The van der Waals surface area contributed by atoms with E-state index >= 15 is 0 Å². The van der Waals surface area contributed by atoms with Crippen LogP contribution in [0.25, 0.3) is 0 Å². The second-order valence-corrected chi connectivity index (χ2v) is 9.90. The van der Waals surface area contributed by atoms with Crippen molar-refractivity contribution in [1.82, 2.24) is 14.5 Å². The van der Waals surface area contributed by atoms with Crippen LogP contribution in [0.15, 0.2) is 48.5 Å². The van der Waals surface area contributed by atoms with Crippen molar-refractivity contribution in [3.8, 4) is 0 Å². The predicted octanol–water partition coefficient (Wildman–Crippen LogP) is 2.65. The second kappa shape index (κ2) is 11.4. The van der Waals surface area contributed by atoms with Gasteiger partial charge < -0.3 is 10.2 Å². The van der Waals surface area contributed by atoms with Gasteiger partial charge in [-0.15, -0.1) is 0 Å². The molecule has 0 aromatic heterocycles. The largest absolute Gasteiger partial charge is 0.357 e. The summed E-state index contributed by atoms with van der Waals surface area (Å²) in [5.74, 6) is -1.54. The van der Waals surface area contributed by atoms with Crippen LogP contribution in [0, 0.1) is 5.82 Å². The van der Waals surface area contributed by atoms with E-state index in [4.69, 9.17) is 11.6 Å². The van der Waals surface area contributed by atoms with Crippen molar-refractivity contribution < 1.29 is 22.4 Å². The maximum atomic E-state index is 13.5. The van der Waals surface area contributed by atoms with Gasteiger partial charge in [0.05, 0.1) is 5.69 Å². The molecule has 8 nitrogen and oxygen atoms in total. The standard InChI is InChI=1S/C22H28ClFN4O4S/c1-5-20(22(30)25-2)27(14-16-8-6-7-9-19(16)23)21(29)15-28(33(31,32)26(3)4)18-12-10-17(24)11-13-18/h6-13,20H,5,14-15H2,1-4H3,(H,25,30)/t20-/m1/s1. The zero-order valence-electron chi connectivity index (χ0n) is 19.0. The molecule has 0 saturated heterocycles. The fraction of sp³-hybridized carbons (Fsp3) is 0.364. The van der Waals surface area contributed by atoms with Crippen LogP contribution in [-0.4, -0.2) is 63.2 Å². The van der Waals surface area contributed by atoms with Crippen LogP contribution < -0.4 is 9.62 Å². The lowest BCUT2D eigenvalue weighted by atomic mass is 10.1. The minimum Gasteiger partial charge on any atom is -0.357 e. The molecule has 0 fully saturated rings. The highest BCUT2D eigenvalue weighted by atomic mass is 35.5. The van der Waals surface area contributed by atoms with Crippen LogP contribution in [0.1, 0.15) is 18.9 Å². The molecule has 2 amide bonds. The van der Waals surface area contributed by atoms with Gasteiger partial charge in [-0.3, -0.25) is 9.59 Å². The molecule has 0 aliphatic rings. The SMILES string of the molecule is CC[C@H](C(=O)NC)N(Cc1ccccc1Cl)C(=O)CN(c1ccc(F)cc1)S(=O)(=O)N(C)C. The van der Waals surface area contributed by atoms with E-state index in [0.717, 1.165) is 20.7 Å². The van der Waals surface area contributed by atoms with Gasteiger partial charge in [-0.05, 0) is 42.3 Å². The molecule has 33 heavy (non-hydrogen) atoms. The molecule has 1 N–H and O–H groups in total. The number of likely N-dealkylation sites (N-methyl/N-ethyl adjacent to an activating group) is 1. The number of amides is 2. The molecular weight excluding hydrogens is 471 g/mol. The van der Waals surface area contributed by atoms with Crippen LogP contribution in [-0.2, 0) is 26.3 Å². The third-order valence-electron chi connectivity index (χ3n) is 5.06. The molecule has 2 rings (SSSR count). The average Bonchev–Trinajstić information content (AvgIpc) is 2.78. The first-order chi connectivity index (χ1) is 15.5. The van der Waals surface area contributed by atoms with E-state index in [1.54, 1.807) is 31.2 Å². The summed E-state index contributed by atoms with van der Waals surface area (Å²) in [5, 5.41) is 2.96. The minimum absolute atomic E-state index is 0.00367. The molecule has 0 aliphatic carbocycles. The Balaban J connectivity index is 2.50. The summed E-state index contributed by atoms with van der Waals surface area (Å²) < 4.78 is 41.3. The number of rotatable bonds is 10. The fourth-order valence-corrected chi connectivity index (χ4v) is 4.47. The number of hydrogen-bond acceptors (Lipinski definition) is 4. The van der Waals surface area contributed by atoms with E-state index in [1.165, 1.54) is 38.2 Å². The molecule has 2 aromatic carbocycles. The topological polar surface area (TPSA) is 90.0 Å². The number of hydrogen-bond donors (Lipinski definition) is 1. The van der Waals surface area contributed by atoms with Gasteiger partial charge in [-0.2, -0.15) is 12.7 Å². The van der Waals surface area contributed by atoms with Gasteiger partial charge in [0.2, 0.25) is 11.8 Å². The zero-order chi connectivity index (χ0) is 24.8. The first kappa shape index (κ1) is 26.6. The molecule has 2 aromatic rings. The number of halogens is 2. The van der Waals surface area contributed by atoms with Gasteiger partial charge in [0.1, 0.15) is 18.4 Å². The van der Waals surface area contributed by atoms with Crippen LogP contribution in [0.5, 0.6) is 0 Å². The van der Waals surface area contributed by atoms with Gasteiger partial charge in [0, 0.05) is 32.7 Å². The van der Waals surface area contributed by atoms with E-state index in [1.807, 2.05) is 0 Å². The molecule has 1 atom stereocenters. The van der Waals surface area contributed by atoms with Gasteiger partial charge in [-0.25, -0.2) is 8.70 Å². The fourth-order valence-electron chi connectivity index (χ4n) is 3.22. The van der Waals surface area contributed by atoms with Gasteiger partial charge in [0.25, 0.3) is 0 Å². The van der Waals surface area contributed by atoms with Crippen molar-refractivity contribution in [1.29, 1.82) is 0 Å². The normalized spacial score (nSPS) is 12.3. The molecular formula is C22H28ClFN4O4S. The summed E-state index contributed by atoms with van der Waals surface area (Å²) in [4.78, 5) is 27.4. The van der Waals surface area contributed by atoms with Crippen molar-refractivity contribution in [2.24, 2.45) is 0 Å². The molecule has 0 heterocycles. The van der Waals surface area contributed by atoms with Crippen LogP contribution in [0.2, 0.25) is 5.02 Å². The third-order valence-corrected chi connectivity index (χ3v) is 7.25. The molecule has 11 heteroatoms. The highest BCUT2D eigenvalue weighted by molar-refractivity contribution is 7.90. The Morgan fingerprint density at radius 1 is 1.09 bits per heavy atom. The Kier molecular flexibility index (Phi) is 9.21. The molecule has 0 bridgehead atoms. The van der Waals surface area contributed by atoms with E-state index in [9.17, 15) is 22.4 Å². The Morgan fingerprint density at radius 3 is 2.21 bits per heavy atom. The average molecular weight is 499 g/mol. The highest BCUT2D eigenvalue weighted by Gasteiger charge is 2.33. The Morgan fingerprint density at radius 2 is 1.70 bits per heavy atom. The summed E-state index contributed by atoms with van der Waals surface area (Å²) >= 11 is 6.28. The third kappa shape index (κ3) is 6.43. The monoisotopic (exact) mass is 498 g/mol. The lowest BCUT2D eigenvalue weighted by molar-refractivity contribution is -0.140. The molecule has 0 unspecified atom stereocenters. The smallest absolute Gasteiger partial charge is 0.304 e. The quantitative estimate of drug-likeness (QED) is 0.545. The summed E-state index contributed by atoms with van der Waals surface area (Å²) in [7, 11) is 0.0213. The van der Waals surface area contributed by atoms with Crippen LogP contribution in [0.4, 0.5) is 10.1 Å². The van der Waals surface area contributed by atoms with Crippen molar-refractivity contribution in [3.05, 3.63) is 64.9 Å². The number of nitrogens with one attached hydrogen (secondary N) is 1. The molecule has 0 radical (unpaired) electrons. The summed E-state index contributed by atoms with van der Waals surface area (Å²) in [6.45, 7) is 1.16. The van der Waals surface area contributed by atoms with Crippen LogP contribution in [0.3, 0.4) is 0 Å².